The Labute approximate surface area is 113 Å². The second-order valence-corrected chi connectivity index (χ2v) is 3.94. The van der Waals surface area contributed by atoms with Gasteiger partial charge < -0.3 is 5.32 Å². The molecule has 96 valence electrons. The summed E-state index contributed by atoms with van der Waals surface area (Å²) in [5.74, 6) is -0.0363. The Hall–Kier alpha value is -3.27. The molecule has 7 heteroatoms. The van der Waals surface area contributed by atoms with Crippen LogP contribution < -0.4 is 5.32 Å². The Balaban J connectivity index is 1.83. The van der Waals surface area contributed by atoms with Crippen LogP contribution in [0.2, 0.25) is 0 Å². The van der Waals surface area contributed by atoms with Crippen LogP contribution >= 0.6 is 0 Å². The van der Waals surface area contributed by atoms with E-state index in [1.54, 1.807) is 42.7 Å². The molecule has 0 spiro atoms. The van der Waals surface area contributed by atoms with Crippen molar-refractivity contribution < 1.29 is 4.79 Å². The van der Waals surface area contributed by atoms with E-state index in [4.69, 9.17) is 5.26 Å². The van der Waals surface area contributed by atoms with Crippen LogP contribution in [-0.2, 0) is 0 Å². The third kappa shape index (κ3) is 2.18. The molecule has 1 N–H and O–H groups in total. The maximum atomic E-state index is 12.0. The van der Waals surface area contributed by atoms with Gasteiger partial charge in [0.05, 0.1) is 11.6 Å². The second kappa shape index (κ2) is 4.78. The number of nitrogens with one attached hydrogen (secondary N) is 1. The van der Waals surface area contributed by atoms with Gasteiger partial charge in [-0.05, 0) is 30.3 Å². The van der Waals surface area contributed by atoms with E-state index >= 15 is 0 Å². The Bertz CT molecular complexity index is 782. The molecule has 2 aromatic heterocycles. The van der Waals surface area contributed by atoms with Crippen LogP contribution in [-0.4, -0.2) is 25.5 Å². The predicted molar refractivity (Wildman–Crippen MR) is 69.9 cm³/mol. The number of anilines is 1. The molecule has 3 aromatic rings. The number of nitrogens with zero attached hydrogens (tertiary/aromatic N) is 5. The van der Waals surface area contributed by atoms with E-state index in [1.807, 2.05) is 6.07 Å². The lowest BCUT2D eigenvalue weighted by Crippen LogP contribution is -2.13. The summed E-state index contributed by atoms with van der Waals surface area (Å²) in [5.41, 5.74) is 1.10. The van der Waals surface area contributed by atoms with Crippen LogP contribution in [0.3, 0.4) is 0 Å². The maximum Gasteiger partial charge on any atom is 0.295 e. The van der Waals surface area contributed by atoms with Gasteiger partial charge >= 0.3 is 0 Å². The fourth-order valence-corrected chi connectivity index (χ4v) is 1.64. The molecular formula is C13H8N6O. The van der Waals surface area contributed by atoms with Gasteiger partial charge in [-0.2, -0.15) is 10.2 Å². The monoisotopic (exact) mass is 264 g/mol. The van der Waals surface area contributed by atoms with E-state index in [0.717, 1.165) is 0 Å². The minimum Gasteiger partial charge on any atom is -0.319 e. The standard InChI is InChI=1S/C13H8N6O/c14-8-9-2-4-10(5-3-9)16-12(20)11-17-13-15-6-1-7-19(13)18-11/h1-7H,(H,16,20). The fourth-order valence-electron chi connectivity index (χ4n) is 1.64. The predicted octanol–water partition coefficient (Wildman–Crippen LogP) is 1.25. The number of nitriles is 1. The van der Waals surface area contributed by atoms with Gasteiger partial charge in [-0.15, -0.1) is 5.10 Å². The first-order chi connectivity index (χ1) is 9.76. The number of hydrogen-bond donors (Lipinski definition) is 1. The summed E-state index contributed by atoms with van der Waals surface area (Å²) in [6, 6.07) is 10.2. The SMILES string of the molecule is N#Cc1ccc(NC(=O)c2nc3ncccn3n2)cc1. The molecule has 0 saturated heterocycles. The number of benzene rings is 1. The van der Waals surface area contributed by atoms with Gasteiger partial charge in [-0.1, -0.05) is 0 Å². The highest BCUT2D eigenvalue weighted by molar-refractivity contribution is 6.01. The van der Waals surface area contributed by atoms with Crippen LogP contribution in [0.15, 0.2) is 42.7 Å². The zero-order valence-corrected chi connectivity index (χ0v) is 10.2. The summed E-state index contributed by atoms with van der Waals surface area (Å²) in [5, 5.41) is 15.4. The molecule has 0 aliphatic heterocycles. The molecule has 0 atom stereocenters. The van der Waals surface area contributed by atoms with E-state index < -0.39 is 5.91 Å². The first-order valence-electron chi connectivity index (χ1n) is 5.75. The number of aromatic nitrogens is 4. The number of carbonyl (C=O) groups excluding carboxylic acids is 1. The average Bonchev–Trinajstić information content (AvgIpc) is 2.92. The van der Waals surface area contributed by atoms with E-state index in [2.05, 4.69) is 20.4 Å². The highest BCUT2D eigenvalue weighted by Crippen LogP contribution is 2.10. The van der Waals surface area contributed by atoms with Gasteiger partial charge in [0, 0.05) is 18.1 Å². The fraction of sp³-hybridized carbons (Fsp3) is 0. The van der Waals surface area contributed by atoms with Gasteiger partial charge in [0.15, 0.2) is 0 Å². The number of rotatable bonds is 2. The first-order valence-corrected chi connectivity index (χ1v) is 5.75. The quantitative estimate of drug-likeness (QED) is 0.751. The lowest BCUT2D eigenvalue weighted by Gasteiger charge is -2.01. The van der Waals surface area contributed by atoms with E-state index in [1.165, 1.54) is 4.52 Å². The molecule has 1 aromatic carbocycles. The molecule has 0 unspecified atom stereocenters. The van der Waals surface area contributed by atoms with Crippen molar-refractivity contribution in [2.75, 3.05) is 5.32 Å². The molecular weight excluding hydrogens is 256 g/mol. The van der Waals surface area contributed by atoms with Gasteiger partial charge in [0.25, 0.3) is 11.7 Å². The minimum atomic E-state index is -0.430. The van der Waals surface area contributed by atoms with Gasteiger partial charge in [0.1, 0.15) is 0 Å². The molecule has 20 heavy (non-hydrogen) atoms. The van der Waals surface area contributed by atoms with Gasteiger partial charge in [-0.3, -0.25) is 4.79 Å². The van der Waals surface area contributed by atoms with Crippen LogP contribution in [0.4, 0.5) is 5.69 Å². The molecule has 0 aliphatic carbocycles. The van der Waals surface area contributed by atoms with Crippen LogP contribution in [0.5, 0.6) is 0 Å². The molecule has 0 aliphatic rings. The van der Waals surface area contributed by atoms with Crippen molar-refractivity contribution in [2.24, 2.45) is 0 Å². The van der Waals surface area contributed by atoms with Crippen LogP contribution in [0.1, 0.15) is 16.2 Å². The average molecular weight is 264 g/mol. The molecule has 2 heterocycles. The third-order valence-electron chi connectivity index (χ3n) is 2.59. The summed E-state index contributed by atoms with van der Waals surface area (Å²) in [4.78, 5) is 20.0. The summed E-state index contributed by atoms with van der Waals surface area (Å²) in [6.45, 7) is 0. The van der Waals surface area contributed by atoms with Crippen molar-refractivity contribution in [3.8, 4) is 6.07 Å². The Kier molecular flexibility index (Phi) is 2.82. The topological polar surface area (TPSA) is 96.0 Å². The van der Waals surface area contributed by atoms with Crippen molar-refractivity contribution in [1.29, 1.82) is 5.26 Å². The normalized spacial score (nSPS) is 10.2. The second-order valence-electron chi connectivity index (χ2n) is 3.94. The number of fused-ring (bicyclic) bond motifs is 1. The van der Waals surface area contributed by atoms with E-state index in [-0.39, 0.29) is 5.82 Å². The Morgan fingerprint density at radius 2 is 2.10 bits per heavy atom. The minimum absolute atomic E-state index is 0.0352. The van der Waals surface area contributed by atoms with Crippen molar-refractivity contribution >= 4 is 17.4 Å². The third-order valence-corrected chi connectivity index (χ3v) is 2.59. The van der Waals surface area contributed by atoms with E-state index in [0.29, 0.717) is 17.0 Å². The number of carbonyl (C=O) groups is 1. The largest absolute Gasteiger partial charge is 0.319 e. The van der Waals surface area contributed by atoms with Crippen LogP contribution in [0.25, 0.3) is 5.78 Å². The molecule has 1 amide bonds. The Morgan fingerprint density at radius 1 is 1.30 bits per heavy atom. The number of hydrogen-bond acceptors (Lipinski definition) is 5. The van der Waals surface area contributed by atoms with Crippen molar-refractivity contribution in [2.45, 2.75) is 0 Å². The molecule has 0 radical (unpaired) electrons. The lowest BCUT2D eigenvalue weighted by atomic mass is 10.2. The maximum absolute atomic E-state index is 12.0. The van der Waals surface area contributed by atoms with Crippen molar-refractivity contribution in [3.63, 3.8) is 0 Å². The van der Waals surface area contributed by atoms with E-state index in [9.17, 15) is 4.79 Å². The summed E-state index contributed by atoms with van der Waals surface area (Å²) >= 11 is 0. The summed E-state index contributed by atoms with van der Waals surface area (Å²) in [6.07, 6.45) is 3.24. The molecule has 0 bridgehead atoms. The van der Waals surface area contributed by atoms with Crippen LogP contribution in [0, 0.1) is 11.3 Å². The zero-order chi connectivity index (χ0) is 13.9. The molecule has 0 fully saturated rings. The smallest absolute Gasteiger partial charge is 0.295 e. The highest BCUT2D eigenvalue weighted by Gasteiger charge is 2.13. The number of amides is 1. The lowest BCUT2D eigenvalue weighted by molar-refractivity contribution is 0.101. The summed E-state index contributed by atoms with van der Waals surface area (Å²) in [7, 11) is 0. The first kappa shape index (κ1) is 11.8. The van der Waals surface area contributed by atoms with Crippen molar-refractivity contribution in [1.82, 2.24) is 19.6 Å². The molecule has 7 nitrogen and oxygen atoms in total. The molecule has 3 rings (SSSR count). The summed E-state index contributed by atoms with van der Waals surface area (Å²) < 4.78 is 1.42. The van der Waals surface area contributed by atoms with Gasteiger partial charge in [0.2, 0.25) is 5.82 Å². The molecule has 0 saturated carbocycles. The van der Waals surface area contributed by atoms with Crippen molar-refractivity contribution in [3.05, 3.63) is 54.1 Å². The highest BCUT2D eigenvalue weighted by atomic mass is 16.2. The van der Waals surface area contributed by atoms with Gasteiger partial charge in [-0.25, -0.2) is 9.50 Å². The Morgan fingerprint density at radius 3 is 2.80 bits per heavy atom. The zero-order valence-electron chi connectivity index (χ0n) is 10.2.